The summed E-state index contributed by atoms with van der Waals surface area (Å²) in [4.78, 5) is 24.8. The van der Waals surface area contributed by atoms with Crippen LogP contribution in [0.1, 0.15) is 0 Å². The molecule has 0 aliphatic rings. The molecule has 1 rings (SSSR count). The van der Waals surface area contributed by atoms with Crippen molar-refractivity contribution in [1.82, 2.24) is 4.98 Å². The fraction of sp³-hybridized carbons (Fsp3) is 0. The van der Waals surface area contributed by atoms with Crippen LogP contribution in [0.5, 0.6) is 0 Å². The van der Waals surface area contributed by atoms with Crippen molar-refractivity contribution in [3.63, 3.8) is 0 Å². The molecule has 0 aliphatic carbocycles. The van der Waals surface area contributed by atoms with E-state index in [0.717, 1.165) is 0 Å². The highest BCUT2D eigenvalue weighted by molar-refractivity contribution is 6.39. The summed E-state index contributed by atoms with van der Waals surface area (Å²) in [7, 11) is 0. The smallest absolute Gasteiger partial charge is 0.314 e. The second-order valence-electron chi connectivity index (χ2n) is 2.18. The molecule has 0 fully saturated rings. The Bertz CT molecular complexity index is 339. The third kappa shape index (κ3) is 3.59. The number of carbonyl (C=O) groups excluding carboxylic acids is 2. The van der Waals surface area contributed by atoms with E-state index in [1.54, 1.807) is 0 Å². The molecule has 7 heteroatoms. The van der Waals surface area contributed by atoms with Crippen LogP contribution in [0.2, 0.25) is 5.02 Å². The fourth-order valence-corrected chi connectivity index (χ4v) is 0.739. The first kappa shape index (κ1) is 12.7. The van der Waals surface area contributed by atoms with E-state index in [1.807, 2.05) is 0 Å². The highest BCUT2D eigenvalue weighted by atomic mass is 35.5. The maximum atomic E-state index is 10.7. The van der Waals surface area contributed by atoms with E-state index in [0.29, 0.717) is 5.02 Å². The van der Waals surface area contributed by atoms with Crippen LogP contribution in [0.4, 0.5) is 5.82 Å². The molecule has 2 amide bonds. The molecule has 1 aromatic heterocycles. The Hall–Kier alpha value is -1.33. The lowest BCUT2D eigenvalue weighted by atomic mass is 10.4. The lowest BCUT2D eigenvalue weighted by Gasteiger charge is -1.99. The van der Waals surface area contributed by atoms with Gasteiger partial charge in [-0.3, -0.25) is 9.59 Å². The van der Waals surface area contributed by atoms with Gasteiger partial charge in [-0.15, -0.1) is 12.4 Å². The van der Waals surface area contributed by atoms with Crippen LogP contribution in [0.15, 0.2) is 18.3 Å². The molecule has 0 unspecified atom stereocenters. The Morgan fingerprint density at radius 1 is 1.43 bits per heavy atom. The number of pyridine rings is 1. The molecule has 0 spiro atoms. The summed E-state index contributed by atoms with van der Waals surface area (Å²) in [6, 6.07) is 2.99. The average molecular weight is 236 g/mol. The van der Waals surface area contributed by atoms with Crippen LogP contribution in [-0.4, -0.2) is 16.8 Å². The van der Waals surface area contributed by atoms with Gasteiger partial charge in [0.15, 0.2) is 0 Å². The molecule has 5 nitrogen and oxygen atoms in total. The molecule has 0 radical (unpaired) electrons. The fourth-order valence-electron chi connectivity index (χ4n) is 0.628. The summed E-state index contributed by atoms with van der Waals surface area (Å²) in [6.07, 6.45) is 1.35. The Balaban J connectivity index is 0.00000169. The third-order valence-corrected chi connectivity index (χ3v) is 1.42. The van der Waals surface area contributed by atoms with E-state index < -0.39 is 11.8 Å². The number of nitrogens with one attached hydrogen (secondary N) is 1. The number of nitrogens with two attached hydrogens (primary N) is 1. The number of anilines is 1. The van der Waals surface area contributed by atoms with Gasteiger partial charge in [0.2, 0.25) is 0 Å². The van der Waals surface area contributed by atoms with E-state index in [9.17, 15) is 9.59 Å². The topological polar surface area (TPSA) is 85.1 Å². The van der Waals surface area contributed by atoms with Crippen LogP contribution >= 0.6 is 24.0 Å². The van der Waals surface area contributed by atoms with Gasteiger partial charge in [-0.2, -0.15) is 0 Å². The molecule has 76 valence electrons. The second kappa shape index (κ2) is 5.41. The third-order valence-electron chi connectivity index (χ3n) is 1.19. The number of halogens is 2. The molecule has 0 aromatic carbocycles. The zero-order valence-corrected chi connectivity index (χ0v) is 8.43. The zero-order valence-electron chi connectivity index (χ0n) is 6.86. The quantitative estimate of drug-likeness (QED) is 0.699. The summed E-state index contributed by atoms with van der Waals surface area (Å²) in [5.74, 6) is -1.74. The van der Waals surface area contributed by atoms with Crippen molar-refractivity contribution in [1.29, 1.82) is 0 Å². The van der Waals surface area contributed by atoms with Gasteiger partial charge in [-0.25, -0.2) is 4.98 Å². The Morgan fingerprint density at radius 3 is 2.50 bits per heavy atom. The molecule has 14 heavy (non-hydrogen) atoms. The standard InChI is InChI=1S/C7H6ClN3O2.ClH/c8-4-1-2-5(10-3-4)11-7(13)6(9)12;/h1-3H,(H2,9,12)(H,10,11,13);1H. The van der Waals surface area contributed by atoms with Crippen molar-refractivity contribution >= 4 is 41.6 Å². The Labute approximate surface area is 91.1 Å². The van der Waals surface area contributed by atoms with E-state index in [2.05, 4.69) is 10.3 Å². The summed E-state index contributed by atoms with van der Waals surface area (Å²) in [6.45, 7) is 0. The number of hydrogen-bond acceptors (Lipinski definition) is 3. The molecule has 0 bridgehead atoms. The molecular weight excluding hydrogens is 229 g/mol. The Morgan fingerprint density at radius 2 is 2.07 bits per heavy atom. The molecule has 0 saturated carbocycles. The van der Waals surface area contributed by atoms with Crippen molar-refractivity contribution in [3.8, 4) is 0 Å². The van der Waals surface area contributed by atoms with Gasteiger partial charge in [0.25, 0.3) is 0 Å². The first-order valence-electron chi connectivity index (χ1n) is 3.32. The summed E-state index contributed by atoms with van der Waals surface area (Å²) >= 11 is 5.54. The minimum atomic E-state index is -1.06. The van der Waals surface area contributed by atoms with Crippen LogP contribution in [0.3, 0.4) is 0 Å². The minimum Gasteiger partial charge on any atom is -0.361 e. The van der Waals surface area contributed by atoms with Crippen LogP contribution in [-0.2, 0) is 9.59 Å². The Kier molecular flexibility index (Phi) is 4.90. The van der Waals surface area contributed by atoms with Gasteiger partial charge in [-0.1, -0.05) is 11.6 Å². The molecule has 0 aliphatic heterocycles. The van der Waals surface area contributed by atoms with Crippen molar-refractivity contribution < 1.29 is 9.59 Å². The first-order chi connectivity index (χ1) is 6.09. The first-order valence-corrected chi connectivity index (χ1v) is 3.70. The van der Waals surface area contributed by atoms with Crippen LogP contribution < -0.4 is 11.1 Å². The highest BCUT2D eigenvalue weighted by Gasteiger charge is 2.08. The average Bonchev–Trinajstić information content (AvgIpc) is 2.08. The highest BCUT2D eigenvalue weighted by Crippen LogP contribution is 2.08. The lowest BCUT2D eigenvalue weighted by molar-refractivity contribution is -0.134. The maximum absolute atomic E-state index is 10.7. The molecule has 1 aromatic rings. The van der Waals surface area contributed by atoms with Crippen molar-refractivity contribution in [2.45, 2.75) is 0 Å². The lowest BCUT2D eigenvalue weighted by Crippen LogP contribution is -2.29. The van der Waals surface area contributed by atoms with E-state index in [1.165, 1.54) is 18.3 Å². The predicted octanol–water partition coefficient (Wildman–Crippen LogP) is 0.581. The number of hydrogen-bond donors (Lipinski definition) is 2. The van der Waals surface area contributed by atoms with E-state index in [4.69, 9.17) is 17.3 Å². The number of primary amides is 1. The molecule has 3 N–H and O–H groups in total. The van der Waals surface area contributed by atoms with E-state index in [-0.39, 0.29) is 18.2 Å². The second-order valence-corrected chi connectivity index (χ2v) is 2.62. The normalized spacial score (nSPS) is 8.64. The number of rotatable bonds is 1. The number of aromatic nitrogens is 1. The van der Waals surface area contributed by atoms with Crippen molar-refractivity contribution in [2.75, 3.05) is 5.32 Å². The molecule has 1 heterocycles. The van der Waals surface area contributed by atoms with Gasteiger partial charge in [-0.05, 0) is 12.1 Å². The molecule has 0 saturated heterocycles. The van der Waals surface area contributed by atoms with Crippen molar-refractivity contribution in [3.05, 3.63) is 23.4 Å². The van der Waals surface area contributed by atoms with Gasteiger partial charge >= 0.3 is 11.8 Å². The minimum absolute atomic E-state index is 0. The van der Waals surface area contributed by atoms with E-state index >= 15 is 0 Å². The molecule has 0 atom stereocenters. The number of nitrogens with zero attached hydrogens (tertiary/aromatic N) is 1. The number of carbonyl (C=O) groups is 2. The van der Waals surface area contributed by atoms with Gasteiger partial charge in [0.05, 0.1) is 5.02 Å². The largest absolute Gasteiger partial charge is 0.361 e. The summed E-state index contributed by atoms with van der Waals surface area (Å²) in [5, 5.41) is 2.63. The van der Waals surface area contributed by atoms with Gasteiger partial charge in [0, 0.05) is 6.20 Å². The summed E-state index contributed by atoms with van der Waals surface area (Å²) in [5.41, 5.74) is 4.71. The van der Waals surface area contributed by atoms with Crippen molar-refractivity contribution in [2.24, 2.45) is 5.73 Å². The van der Waals surface area contributed by atoms with Gasteiger partial charge < -0.3 is 11.1 Å². The monoisotopic (exact) mass is 235 g/mol. The summed E-state index contributed by atoms with van der Waals surface area (Å²) < 4.78 is 0. The zero-order chi connectivity index (χ0) is 9.84. The van der Waals surface area contributed by atoms with Gasteiger partial charge in [0.1, 0.15) is 5.82 Å². The van der Waals surface area contributed by atoms with Crippen LogP contribution in [0, 0.1) is 0 Å². The maximum Gasteiger partial charge on any atom is 0.314 e. The predicted molar refractivity (Wildman–Crippen MR) is 54.3 cm³/mol. The number of amides is 2. The van der Waals surface area contributed by atoms with Crippen LogP contribution in [0.25, 0.3) is 0 Å². The SMILES string of the molecule is Cl.NC(=O)C(=O)Nc1ccc(Cl)cn1. The molecular formula is C7H7Cl2N3O2.